The van der Waals surface area contributed by atoms with Gasteiger partial charge in [0.05, 0.1) is 17.9 Å². The highest BCUT2D eigenvalue weighted by molar-refractivity contribution is 5.54. The number of nitriles is 1. The molecule has 3 rings (SSSR count). The lowest BCUT2D eigenvalue weighted by molar-refractivity contribution is -0.138. The van der Waals surface area contributed by atoms with Crippen LogP contribution in [0.25, 0.3) is 0 Å². The molecule has 3 N–H and O–H groups in total. The molecule has 0 aliphatic heterocycles. The maximum absolute atomic E-state index is 13.1. The standard InChI is InChI=1S/C18H19F3N6O/c1-17(2)13(5-14(17)28)26-15-10(6-22)8-24-16(27-15)25-9-11-7-23-4-3-12(11)18(19,20)21/h3-4,7-8,13-14,28H,5,9H2,1-2H3,(H2,24,25,26,27)/t13-,14+/m1/s1. The average Bonchev–Trinajstić information content (AvgIpc) is 2.65. The minimum atomic E-state index is -4.49. The molecule has 0 unspecified atom stereocenters. The molecule has 2 atom stereocenters. The first kappa shape index (κ1) is 19.8. The van der Waals surface area contributed by atoms with Crippen molar-refractivity contribution in [2.75, 3.05) is 10.6 Å². The van der Waals surface area contributed by atoms with E-state index in [0.29, 0.717) is 6.42 Å². The van der Waals surface area contributed by atoms with Gasteiger partial charge in [-0.05, 0) is 12.5 Å². The van der Waals surface area contributed by atoms with Crippen LogP contribution in [-0.4, -0.2) is 32.2 Å². The van der Waals surface area contributed by atoms with E-state index in [1.54, 1.807) is 0 Å². The highest BCUT2D eigenvalue weighted by atomic mass is 19.4. The van der Waals surface area contributed by atoms with Crippen LogP contribution in [0.2, 0.25) is 0 Å². The minimum absolute atomic E-state index is 0.0410. The Morgan fingerprint density at radius 1 is 1.36 bits per heavy atom. The Labute approximate surface area is 159 Å². The summed E-state index contributed by atoms with van der Waals surface area (Å²) in [5.41, 5.74) is -1.00. The summed E-state index contributed by atoms with van der Waals surface area (Å²) in [7, 11) is 0. The second-order valence-corrected chi connectivity index (χ2v) is 7.22. The molecule has 0 amide bonds. The predicted octanol–water partition coefficient (Wildman–Crippen LogP) is 2.95. The third-order valence-corrected chi connectivity index (χ3v) is 5.08. The van der Waals surface area contributed by atoms with Crippen molar-refractivity contribution in [1.82, 2.24) is 15.0 Å². The molecule has 0 saturated heterocycles. The van der Waals surface area contributed by atoms with Crippen molar-refractivity contribution >= 4 is 11.8 Å². The van der Waals surface area contributed by atoms with E-state index in [0.717, 1.165) is 18.5 Å². The van der Waals surface area contributed by atoms with Gasteiger partial charge in [0.1, 0.15) is 17.5 Å². The number of aromatic nitrogens is 3. The van der Waals surface area contributed by atoms with Crippen molar-refractivity contribution in [3.05, 3.63) is 41.3 Å². The smallest absolute Gasteiger partial charge is 0.392 e. The number of rotatable bonds is 5. The fourth-order valence-electron chi connectivity index (χ4n) is 2.99. The van der Waals surface area contributed by atoms with Gasteiger partial charge in [-0.1, -0.05) is 13.8 Å². The topological polar surface area (TPSA) is 107 Å². The molecular formula is C18H19F3N6O. The molecule has 1 fully saturated rings. The summed E-state index contributed by atoms with van der Waals surface area (Å²) in [6.45, 7) is 3.61. The number of hydrogen-bond acceptors (Lipinski definition) is 7. The molecule has 2 heterocycles. The Bertz CT molecular complexity index is 909. The van der Waals surface area contributed by atoms with Crippen LogP contribution in [0.15, 0.2) is 24.7 Å². The highest BCUT2D eigenvalue weighted by Crippen LogP contribution is 2.42. The largest absolute Gasteiger partial charge is 0.416 e. The van der Waals surface area contributed by atoms with E-state index in [9.17, 15) is 23.5 Å². The number of pyridine rings is 1. The second-order valence-electron chi connectivity index (χ2n) is 7.22. The van der Waals surface area contributed by atoms with Gasteiger partial charge < -0.3 is 15.7 Å². The van der Waals surface area contributed by atoms with Crippen LogP contribution < -0.4 is 10.6 Å². The van der Waals surface area contributed by atoms with Gasteiger partial charge in [0.25, 0.3) is 0 Å². The molecule has 10 heteroatoms. The van der Waals surface area contributed by atoms with Gasteiger partial charge in [-0.3, -0.25) is 4.98 Å². The van der Waals surface area contributed by atoms with Gasteiger partial charge in [0.15, 0.2) is 0 Å². The minimum Gasteiger partial charge on any atom is -0.392 e. The van der Waals surface area contributed by atoms with Crippen molar-refractivity contribution in [2.45, 2.75) is 45.1 Å². The molecule has 1 aliphatic rings. The molecule has 0 bridgehead atoms. The Balaban J connectivity index is 1.77. The van der Waals surface area contributed by atoms with Crippen LogP contribution in [0.4, 0.5) is 24.9 Å². The first-order valence-corrected chi connectivity index (χ1v) is 8.58. The number of nitrogens with zero attached hydrogens (tertiary/aromatic N) is 4. The van der Waals surface area contributed by atoms with E-state index in [4.69, 9.17) is 0 Å². The first-order valence-electron chi connectivity index (χ1n) is 8.58. The van der Waals surface area contributed by atoms with Gasteiger partial charge in [0, 0.05) is 36.0 Å². The monoisotopic (exact) mass is 392 g/mol. The molecule has 28 heavy (non-hydrogen) atoms. The summed E-state index contributed by atoms with van der Waals surface area (Å²) >= 11 is 0. The van der Waals surface area contributed by atoms with E-state index in [1.165, 1.54) is 6.20 Å². The summed E-state index contributed by atoms with van der Waals surface area (Å²) in [6, 6.07) is 2.80. The number of alkyl halides is 3. The van der Waals surface area contributed by atoms with Gasteiger partial charge in [-0.2, -0.15) is 23.4 Å². The first-order chi connectivity index (χ1) is 13.1. The van der Waals surface area contributed by atoms with Crippen molar-refractivity contribution in [2.24, 2.45) is 5.41 Å². The van der Waals surface area contributed by atoms with Gasteiger partial charge in [0.2, 0.25) is 5.95 Å². The van der Waals surface area contributed by atoms with Crippen molar-refractivity contribution in [1.29, 1.82) is 5.26 Å². The zero-order chi connectivity index (χ0) is 20.5. The fourth-order valence-corrected chi connectivity index (χ4v) is 2.99. The molecule has 0 spiro atoms. The van der Waals surface area contributed by atoms with Gasteiger partial charge >= 0.3 is 6.18 Å². The van der Waals surface area contributed by atoms with Gasteiger partial charge in [-0.25, -0.2) is 4.98 Å². The normalized spacial score (nSPS) is 20.8. The summed E-state index contributed by atoms with van der Waals surface area (Å²) in [5, 5.41) is 25.0. The molecule has 0 aromatic carbocycles. The number of nitrogens with one attached hydrogen (secondary N) is 2. The Hall–Kier alpha value is -2.93. The number of anilines is 2. The Kier molecular flexibility index (Phi) is 5.12. The zero-order valence-corrected chi connectivity index (χ0v) is 15.2. The Morgan fingerprint density at radius 2 is 2.11 bits per heavy atom. The molecule has 0 radical (unpaired) electrons. The van der Waals surface area contributed by atoms with Crippen LogP contribution in [0.1, 0.15) is 37.0 Å². The SMILES string of the molecule is CC1(C)[C@@H](O)C[C@H]1Nc1nc(NCc2cnccc2C(F)(F)F)ncc1C#N. The van der Waals surface area contributed by atoms with Crippen LogP contribution in [-0.2, 0) is 12.7 Å². The van der Waals surface area contributed by atoms with Crippen LogP contribution in [0.3, 0.4) is 0 Å². The third kappa shape index (κ3) is 3.84. The zero-order valence-electron chi connectivity index (χ0n) is 15.2. The summed E-state index contributed by atoms with van der Waals surface area (Å²) in [5.74, 6) is 0.350. The summed E-state index contributed by atoms with van der Waals surface area (Å²) in [6.07, 6.45) is -0.919. The van der Waals surface area contributed by atoms with Crippen molar-refractivity contribution < 1.29 is 18.3 Å². The molecule has 148 valence electrons. The van der Waals surface area contributed by atoms with E-state index in [2.05, 4.69) is 25.6 Å². The van der Waals surface area contributed by atoms with E-state index >= 15 is 0 Å². The summed E-state index contributed by atoms with van der Waals surface area (Å²) < 4.78 is 39.2. The number of aliphatic hydroxyl groups is 1. The lowest BCUT2D eigenvalue weighted by Gasteiger charge is -2.49. The molecule has 1 aliphatic carbocycles. The molecule has 2 aromatic rings. The Morgan fingerprint density at radius 3 is 2.71 bits per heavy atom. The third-order valence-electron chi connectivity index (χ3n) is 5.08. The second kappa shape index (κ2) is 7.24. The van der Waals surface area contributed by atoms with E-state index < -0.39 is 17.8 Å². The quantitative estimate of drug-likeness (QED) is 0.718. The average molecular weight is 392 g/mol. The van der Waals surface area contributed by atoms with E-state index in [1.807, 2.05) is 19.9 Å². The number of aliphatic hydroxyl groups excluding tert-OH is 1. The lowest BCUT2D eigenvalue weighted by atomic mass is 9.64. The summed E-state index contributed by atoms with van der Waals surface area (Å²) in [4.78, 5) is 11.9. The van der Waals surface area contributed by atoms with Crippen LogP contribution >= 0.6 is 0 Å². The molecule has 2 aromatic heterocycles. The number of halogens is 3. The van der Waals surface area contributed by atoms with E-state index in [-0.39, 0.29) is 40.9 Å². The van der Waals surface area contributed by atoms with Crippen molar-refractivity contribution in [3.63, 3.8) is 0 Å². The van der Waals surface area contributed by atoms with Gasteiger partial charge in [-0.15, -0.1) is 0 Å². The maximum atomic E-state index is 13.1. The predicted molar refractivity (Wildman–Crippen MR) is 95.1 cm³/mol. The fraction of sp³-hybridized carbons (Fsp3) is 0.444. The molecule has 7 nitrogen and oxygen atoms in total. The maximum Gasteiger partial charge on any atom is 0.416 e. The lowest BCUT2D eigenvalue weighted by Crippen LogP contribution is -2.57. The van der Waals surface area contributed by atoms with Crippen LogP contribution in [0.5, 0.6) is 0 Å². The van der Waals surface area contributed by atoms with Crippen molar-refractivity contribution in [3.8, 4) is 6.07 Å². The highest BCUT2D eigenvalue weighted by Gasteiger charge is 2.47. The molecular weight excluding hydrogens is 373 g/mol. The molecule has 1 saturated carbocycles. The number of hydrogen-bond donors (Lipinski definition) is 3. The van der Waals surface area contributed by atoms with Crippen LogP contribution in [0, 0.1) is 16.7 Å².